The minimum atomic E-state index is 0. The Morgan fingerprint density at radius 1 is 1.32 bits per heavy atom. The molecule has 1 aromatic carbocycles. The fourth-order valence-corrected chi connectivity index (χ4v) is 3.64. The zero-order valence-electron chi connectivity index (χ0n) is 14.6. The third-order valence-electron chi connectivity index (χ3n) is 4.51. The summed E-state index contributed by atoms with van der Waals surface area (Å²) in [7, 11) is 1.81. The predicted octanol–water partition coefficient (Wildman–Crippen LogP) is 3.47. The molecule has 0 saturated heterocycles. The van der Waals surface area contributed by atoms with Crippen LogP contribution in [0.2, 0.25) is 0 Å². The van der Waals surface area contributed by atoms with Crippen molar-refractivity contribution in [1.29, 1.82) is 0 Å². The van der Waals surface area contributed by atoms with Gasteiger partial charge in [-0.25, -0.2) is 0 Å². The van der Waals surface area contributed by atoms with Gasteiger partial charge in [-0.05, 0) is 37.0 Å². The Kier molecular flexibility index (Phi) is 7.30. The topological polar surface area (TPSA) is 54.2 Å². The van der Waals surface area contributed by atoms with Crippen LogP contribution in [0.5, 0.6) is 0 Å². The van der Waals surface area contributed by atoms with Gasteiger partial charge in [0, 0.05) is 36.2 Å². The highest BCUT2D eigenvalue weighted by atomic mass is 127. The average molecular weight is 518 g/mol. The molecule has 2 aromatic rings. The molecule has 1 fully saturated rings. The number of aromatic nitrogens is 2. The lowest BCUT2D eigenvalue weighted by molar-refractivity contribution is 0.590. The first-order valence-electron chi connectivity index (χ1n) is 8.31. The summed E-state index contributed by atoms with van der Waals surface area (Å²) >= 11 is 3.68. The van der Waals surface area contributed by atoms with Gasteiger partial charge in [-0.2, -0.15) is 5.10 Å². The summed E-state index contributed by atoms with van der Waals surface area (Å²) in [5, 5.41) is 11.1. The molecule has 0 bridgehead atoms. The Bertz CT molecular complexity index is 724. The van der Waals surface area contributed by atoms with E-state index in [4.69, 9.17) is 0 Å². The molecule has 25 heavy (non-hydrogen) atoms. The van der Waals surface area contributed by atoms with Gasteiger partial charge < -0.3 is 10.6 Å². The second-order valence-electron chi connectivity index (χ2n) is 6.39. The molecule has 1 aromatic heterocycles. The summed E-state index contributed by atoms with van der Waals surface area (Å²) in [6.07, 6.45) is 6.35. The van der Waals surface area contributed by atoms with Crippen molar-refractivity contribution in [3.05, 3.63) is 52.3 Å². The van der Waals surface area contributed by atoms with Crippen molar-refractivity contribution < 1.29 is 0 Å². The molecule has 1 aliphatic carbocycles. The number of nitrogens with zero attached hydrogens (tertiary/aromatic N) is 3. The van der Waals surface area contributed by atoms with Crippen LogP contribution in [0.1, 0.15) is 24.0 Å². The van der Waals surface area contributed by atoms with E-state index in [-0.39, 0.29) is 29.4 Å². The van der Waals surface area contributed by atoms with Crippen LogP contribution in [-0.4, -0.2) is 35.9 Å². The van der Waals surface area contributed by atoms with E-state index in [1.807, 2.05) is 31.0 Å². The minimum Gasteiger partial charge on any atom is -0.356 e. The molecule has 0 spiro atoms. The number of hydrogen-bond acceptors (Lipinski definition) is 2. The van der Waals surface area contributed by atoms with E-state index in [9.17, 15) is 0 Å². The maximum Gasteiger partial charge on any atom is 0.191 e. The van der Waals surface area contributed by atoms with E-state index in [2.05, 4.69) is 60.9 Å². The van der Waals surface area contributed by atoms with Crippen molar-refractivity contribution in [2.45, 2.75) is 31.7 Å². The Labute approximate surface area is 174 Å². The van der Waals surface area contributed by atoms with Gasteiger partial charge in [0.25, 0.3) is 0 Å². The summed E-state index contributed by atoms with van der Waals surface area (Å²) in [4.78, 5) is 4.32. The zero-order chi connectivity index (χ0) is 17.0. The number of guanidine groups is 1. The first-order valence-corrected chi connectivity index (χ1v) is 9.11. The first kappa shape index (κ1) is 20.2. The highest BCUT2D eigenvalue weighted by Gasteiger charge is 2.45. The normalized spacial score (nSPS) is 15.4. The van der Waals surface area contributed by atoms with E-state index in [1.165, 1.54) is 28.4 Å². The highest BCUT2D eigenvalue weighted by Crippen LogP contribution is 2.49. The molecule has 136 valence electrons. The van der Waals surface area contributed by atoms with Gasteiger partial charge in [-0.1, -0.05) is 34.1 Å². The molecule has 1 heterocycles. The van der Waals surface area contributed by atoms with Gasteiger partial charge in [0.15, 0.2) is 5.96 Å². The van der Waals surface area contributed by atoms with Crippen LogP contribution in [-0.2, 0) is 12.0 Å². The van der Waals surface area contributed by atoms with Crippen molar-refractivity contribution >= 4 is 45.9 Å². The number of aliphatic imine (C=N–C) groups is 1. The van der Waals surface area contributed by atoms with E-state index in [0.29, 0.717) is 0 Å². The summed E-state index contributed by atoms with van der Waals surface area (Å²) in [6, 6.07) is 8.51. The molecule has 5 nitrogen and oxygen atoms in total. The molecule has 1 saturated carbocycles. The Morgan fingerprint density at radius 3 is 2.68 bits per heavy atom. The predicted molar refractivity (Wildman–Crippen MR) is 117 cm³/mol. The van der Waals surface area contributed by atoms with Crippen LogP contribution in [0.25, 0.3) is 0 Å². The highest BCUT2D eigenvalue weighted by molar-refractivity contribution is 14.0. The van der Waals surface area contributed by atoms with Crippen LogP contribution < -0.4 is 10.6 Å². The quantitative estimate of drug-likeness (QED) is 0.350. The largest absolute Gasteiger partial charge is 0.356 e. The van der Waals surface area contributed by atoms with Crippen LogP contribution >= 0.6 is 39.9 Å². The first-order chi connectivity index (χ1) is 11.6. The van der Waals surface area contributed by atoms with E-state index in [1.54, 1.807) is 0 Å². The monoisotopic (exact) mass is 517 g/mol. The van der Waals surface area contributed by atoms with Crippen molar-refractivity contribution in [2.75, 3.05) is 20.1 Å². The number of aryl methyl sites for hydroxylation is 1. The number of rotatable bonds is 6. The molecular weight excluding hydrogens is 493 g/mol. The summed E-state index contributed by atoms with van der Waals surface area (Å²) in [6.45, 7) is 4.57. The number of halogens is 2. The third kappa shape index (κ3) is 5.20. The van der Waals surface area contributed by atoms with E-state index >= 15 is 0 Å². The Balaban J connectivity index is 0.00000225. The second kappa shape index (κ2) is 9.02. The SMILES string of the molecule is CN=C(NCCn1cc(C)cn1)NCC1(c2ccccc2Br)CC1.I. The van der Waals surface area contributed by atoms with Crippen molar-refractivity contribution in [2.24, 2.45) is 4.99 Å². The lowest BCUT2D eigenvalue weighted by Crippen LogP contribution is -2.42. The van der Waals surface area contributed by atoms with Crippen LogP contribution in [0.4, 0.5) is 0 Å². The lowest BCUT2D eigenvalue weighted by atomic mass is 9.96. The zero-order valence-corrected chi connectivity index (χ0v) is 18.5. The van der Waals surface area contributed by atoms with Gasteiger partial charge in [-0.3, -0.25) is 9.67 Å². The van der Waals surface area contributed by atoms with Gasteiger partial charge in [0.2, 0.25) is 0 Å². The maximum atomic E-state index is 4.32. The Morgan fingerprint density at radius 2 is 2.08 bits per heavy atom. The van der Waals surface area contributed by atoms with Gasteiger partial charge in [-0.15, -0.1) is 24.0 Å². The maximum absolute atomic E-state index is 4.32. The summed E-state index contributed by atoms with van der Waals surface area (Å²) in [5.41, 5.74) is 2.80. The number of hydrogen-bond donors (Lipinski definition) is 2. The average Bonchev–Trinajstić information content (AvgIpc) is 3.26. The molecule has 2 N–H and O–H groups in total. The lowest BCUT2D eigenvalue weighted by Gasteiger charge is -2.20. The van der Waals surface area contributed by atoms with Crippen molar-refractivity contribution in [3.63, 3.8) is 0 Å². The van der Waals surface area contributed by atoms with Gasteiger partial charge in [0.1, 0.15) is 0 Å². The molecule has 1 aliphatic rings. The molecule has 0 atom stereocenters. The number of nitrogens with one attached hydrogen (secondary N) is 2. The molecule has 0 amide bonds. The number of benzene rings is 1. The summed E-state index contributed by atoms with van der Waals surface area (Å²) < 4.78 is 3.14. The Hall–Kier alpha value is -1.09. The van der Waals surface area contributed by atoms with Crippen LogP contribution in [0.3, 0.4) is 0 Å². The molecule has 0 unspecified atom stereocenters. The van der Waals surface area contributed by atoms with Gasteiger partial charge >= 0.3 is 0 Å². The molecule has 0 radical (unpaired) electrons. The standard InChI is InChI=1S/C18H24BrN5.HI/c1-14-11-23-24(12-14)10-9-21-17(20-2)22-13-18(7-8-18)15-5-3-4-6-16(15)19;/h3-6,11-12H,7-10,13H2,1-2H3,(H2,20,21,22);1H. The molecule has 7 heteroatoms. The van der Waals surface area contributed by atoms with Crippen LogP contribution in [0.15, 0.2) is 46.1 Å². The van der Waals surface area contributed by atoms with Crippen LogP contribution in [0, 0.1) is 6.92 Å². The second-order valence-corrected chi connectivity index (χ2v) is 7.25. The summed E-state index contributed by atoms with van der Waals surface area (Å²) in [5.74, 6) is 0.845. The van der Waals surface area contributed by atoms with E-state index in [0.717, 1.165) is 25.6 Å². The van der Waals surface area contributed by atoms with Crippen molar-refractivity contribution in [3.8, 4) is 0 Å². The third-order valence-corrected chi connectivity index (χ3v) is 5.20. The van der Waals surface area contributed by atoms with E-state index < -0.39 is 0 Å². The minimum absolute atomic E-state index is 0. The molecule has 0 aliphatic heterocycles. The fraction of sp³-hybridized carbons (Fsp3) is 0.444. The molecule has 3 rings (SSSR count). The fourth-order valence-electron chi connectivity index (χ4n) is 2.94. The molecular formula is C18H25BrIN5. The van der Waals surface area contributed by atoms with Gasteiger partial charge in [0.05, 0.1) is 12.7 Å². The smallest absolute Gasteiger partial charge is 0.191 e. The van der Waals surface area contributed by atoms with Crippen molar-refractivity contribution in [1.82, 2.24) is 20.4 Å².